The van der Waals surface area contributed by atoms with E-state index in [1.165, 1.54) is 0 Å². The van der Waals surface area contributed by atoms with Gasteiger partial charge in [-0.2, -0.15) is 13.2 Å². The van der Waals surface area contributed by atoms with Crippen LogP contribution in [0.1, 0.15) is 51.8 Å². The molecule has 6 heteroatoms. The van der Waals surface area contributed by atoms with E-state index in [9.17, 15) is 18.0 Å². The molecular weight excluding hydrogens is 353 g/mol. The van der Waals surface area contributed by atoms with Crippen molar-refractivity contribution in [3.63, 3.8) is 0 Å². The number of benzene rings is 2. The molecule has 2 aromatic carbocycles. The number of nitrogens with zero attached hydrogens (tertiary/aromatic N) is 1. The van der Waals surface area contributed by atoms with E-state index in [0.717, 1.165) is 21.3 Å². The topological polar surface area (TPSA) is 32.3 Å². The van der Waals surface area contributed by atoms with Crippen LogP contribution in [-0.4, -0.2) is 23.6 Å². The molecule has 3 nitrogen and oxygen atoms in total. The second-order valence-electron chi connectivity index (χ2n) is 8.94. The van der Waals surface area contributed by atoms with Gasteiger partial charge in [-0.25, -0.2) is 5.01 Å². The number of carbonyl (C=O) groups is 1. The van der Waals surface area contributed by atoms with Gasteiger partial charge in [0.2, 0.25) is 5.91 Å². The highest BCUT2D eigenvalue weighted by atomic mass is 19.4. The lowest BCUT2D eigenvalue weighted by atomic mass is 9.81. The molecule has 0 spiro atoms. The maximum absolute atomic E-state index is 14.1. The highest BCUT2D eigenvalue weighted by Gasteiger charge is 2.51. The van der Waals surface area contributed by atoms with Gasteiger partial charge in [-0.05, 0) is 47.2 Å². The Hall–Kier alpha value is -2.08. The maximum atomic E-state index is 14.1. The third-order valence-electron chi connectivity index (χ3n) is 5.06. The van der Waals surface area contributed by atoms with E-state index in [0.29, 0.717) is 0 Å². The predicted octanol–water partition coefficient (Wildman–Crippen LogP) is 5.11. The Morgan fingerprint density at radius 2 is 1.74 bits per heavy atom. The zero-order chi connectivity index (χ0) is 20.2. The molecule has 1 fully saturated rings. The van der Waals surface area contributed by atoms with E-state index in [1.54, 1.807) is 26.0 Å². The molecule has 27 heavy (non-hydrogen) atoms. The molecule has 2 aromatic rings. The lowest BCUT2D eigenvalue weighted by Crippen LogP contribution is -2.43. The number of nitrogens with one attached hydrogen (secondary N) is 1. The van der Waals surface area contributed by atoms with Gasteiger partial charge in [-0.3, -0.25) is 10.2 Å². The second-order valence-corrected chi connectivity index (χ2v) is 8.94. The molecule has 0 radical (unpaired) electrons. The van der Waals surface area contributed by atoms with Crippen molar-refractivity contribution >= 4 is 16.7 Å². The van der Waals surface area contributed by atoms with Crippen LogP contribution >= 0.6 is 0 Å². The van der Waals surface area contributed by atoms with Crippen molar-refractivity contribution in [3.05, 3.63) is 47.5 Å². The minimum absolute atomic E-state index is 0.00626. The van der Waals surface area contributed by atoms with Crippen LogP contribution < -0.4 is 5.43 Å². The monoisotopic (exact) mass is 378 g/mol. The number of rotatable bonds is 2. The van der Waals surface area contributed by atoms with Crippen LogP contribution in [0.2, 0.25) is 0 Å². The number of fused-ring (bicyclic) bond motifs is 1. The number of halogens is 3. The minimum atomic E-state index is -4.52. The summed E-state index contributed by atoms with van der Waals surface area (Å²) >= 11 is 0. The Balaban J connectivity index is 2.19. The van der Waals surface area contributed by atoms with Crippen LogP contribution in [0.25, 0.3) is 10.8 Å². The first-order valence-corrected chi connectivity index (χ1v) is 8.98. The summed E-state index contributed by atoms with van der Waals surface area (Å²) in [6, 6.07) is 8.80. The molecule has 1 unspecified atom stereocenters. The van der Waals surface area contributed by atoms with Crippen molar-refractivity contribution in [2.75, 3.05) is 6.54 Å². The molecule has 1 atom stereocenters. The zero-order valence-corrected chi connectivity index (χ0v) is 16.2. The van der Waals surface area contributed by atoms with Gasteiger partial charge in [-0.15, -0.1) is 0 Å². The Morgan fingerprint density at radius 3 is 2.26 bits per heavy atom. The van der Waals surface area contributed by atoms with Gasteiger partial charge in [0.1, 0.15) is 6.04 Å². The van der Waals surface area contributed by atoms with Crippen LogP contribution in [0.15, 0.2) is 36.4 Å². The van der Waals surface area contributed by atoms with Gasteiger partial charge < -0.3 is 0 Å². The molecule has 1 aliphatic heterocycles. The molecule has 146 valence electrons. The Kier molecular flexibility index (Phi) is 4.54. The maximum Gasteiger partial charge on any atom is 0.409 e. The molecule has 0 aliphatic carbocycles. The smallest absolute Gasteiger partial charge is 0.287 e. The fraction of sp³-hybridized carbons (Fsp3) is 0.476. The fourth-order valence-corrected chi connectivity index (χ4v) is 3.63. The van der Waals surface area contributed by atoms with Gasteiger partial charge in [-0.1, -0.05) is 51.1 Å². The zero-order valence-electron chi connectivity index (χ0n) is 16.2. The standard InChI is InChI=1S/C21H25F3N2O/c1-19(2,3)16-11-14(10-13-8-6-7-9-15(13)16)17(21(22,23)24)26-12-20(4,5)18(27)25-26/h6-11,17H,12H2,1-5H3,(H,25,27). The molecule has 3 rings (SSSR count). The molecule has 1 N–H and O–H groups in total. The van der Waals surface area contributed by atoms with E-state index >= 15 is 0 Å². The van der Waals surface area contributed by atoms with E-state index < -0.39 is 23.5 Å². The van der Waals surface area contributed by atoms with Crippen LogP contribution in [0.4, 0.5) is 13.2 Å². The third kappa shape index (κ3) is 3.68. The molecule has 1 saturated heterocycles. The van der Waals surface area contributed by atoms with E-state index in [4.69, 9.17) is 0 Å². The van der Waals surface area contributed by atoms with Crippen molar-refractivity contribution in [2.45, 2.75) is 52.3 Å². The summed E-state index contributed by atoms with van der Waals surface area (Å²) in [6.07, 6.45) is -4.52. The van der Waals surface area contributed by atoms with Gasteiger partial charge in [0.25, 0.3) is 0 Å². The molecule has 0 bridgehead atoms. The van der Waals surface area contributed by atoms with Crippen LogP contribution in [0, 0.1) is 5.41 Å². The third-order valence-corrected chi connectivity index (χ3v) is 5.06. The Bertz CT molecular complexity index is 881. The van der Waals surface area contributed by atoms with E-state index in [1.807, 2.05) is 45.0 Å². The van der Waals surface area contributed by atoms with Crippen molar-refractivity contribution < 1.29 is 18.0 Å². The predicted molar refractivity (Wildman–Crippen MR) is 100 cm³/mol. The number of hydrogen-bond donors (Lipinski definition) is 1. The van der Waals surface area contributed by atoms with Crippen molar-refractivity contribution in [3.8, 4) is 0 Å². The quantitative estimate of drug-likeness (QED) is 0.787. The summed E-state index contributed by atoms with van der Waals surface area (Å²) in [5.41, 5.74) is 2.24. The first kappa shape index (κ1) is 19.7. The average molecular weight is 378 g/mol. The largest absolute Gasteiger partial charge is 0.409 e. The first-order valence-electron chi connectivity index (χ1n) is 8.98. The summed E-state index contributed by atoms with van der Waals surface area (Å²) < 4.78 is 42.2. The molecule has 0 aromatic heterocycles. The molecule has 1 amide bonds. The highest BCUT2D eigenvalue weighted by Crippen LogP contribution is 2.43. The summed E-state index contributed by atoms with van der Waals surface area (Å²) in [7, 11) is 0. The number of alkyl halides is 3. The number of amides is 1. The lowest BCUT2D eigenvalue weighted by molar-refractivity contribution is -0.191. The van der Waals surface area contributed by atoms with Crippen LogP contribution in [-0.2, 0) is 10.2 Å². The minimum Gasteiger partial charge on any atom is -0.287 e. The fourth-order valence-electron chi connectivity index (χ4n) is 3.63. The normalized spacial score (nSPS) is 19.3. The summed E-state index contributed by atoms with van der Waals surface area (Å²) in [5.74, 6) is -0.395. The van der Waals surface area contributed by atoms with E-state index in [2.05, 4.69) is 5.43 Å². The number of hydrazine groups is 1. The van der Waals surface area contributed by atoms with Gasteiger partial charge >= 0.3 is 6.18 Å². The van der Waals surface area contributed by atoms with Gasteiger partial charge in [0, 0.05) is 6.54 Å². The molecule has 0 saturated carbocycles. The lowest BCUT2D eigenvalue weighted by Gasteiger charge is -2.31. The second kappa shape index (κ2) is 6.23. The number of hydrogen-bond acceptors (Lipinski definition) is 2. The summed E-state index contributed by atoms with van der Waals surface area (Å²) in [4.78, 5) is 12.1. The SMILES string of the molecule is CC1(C)CN(C(c2cc(C(C)(C)C)c3ccccc3c2)C(F)(F)F)NC1=O. The van der Waals surface area contributed by atoms with E-state index in [-0.39, 0.29) is 17.5 Å². The van der Waals surface area contributed by atoms with Gasteiger partial charge in [0.15, 0.2) is 0 Å². The summed E-state index contributed by atoms with van der Waals surface area (Å²) in [6.45, 7) is 9.26. The average Bonchev–Trinajstić information content (AvgIpc) is 2.77. The summed E-state index contributed by atoms with van der Waals surface area (Å²) in [5, 5.41) is 2.73. The van der Waals surface area contributed by atoms with Crippen molar-refractivity contribution in [2.24, 2.45) is 5.41 Å². The van der Waals surface area contributed by atoms with Crippen LogP contribution in [0.3, 0.4) is 0 Å². The highest BCUT2D eigenvalue weighted by molar-refractivity contribution is 5.87. The van der Waals surface area contributed by atoms with Crippen molar-refractivity contribution in [1.82, 2.24) is 10.4 Å². The Morgan fingerprint density at radius 1 is 1.11 bits per heavy atom. The van der Waals surface area contributed by atoms with Crippen molar-refractivity contribution in [1.29, 1.82) is 0 Å². The molecule has 1 aliphatic rings. The number of carbonyl (C=O) groups excluding carboxylic acids is 1. The molecule has 1 heterocycles. The first-order chi connectivity index (χ1) is 12.3. The van der Waals surface area contributed by atoms with Crippen LogP contribution in [0.5, 0.6) is 0 Å². The molecular formula is C21H25F3N2O. The Labute approximate surface area is 157 Å². The van der Waals surface area contributed by atoms with Gasteiger partial charge in [0.05, 0.1) is 5.41 Å².